The minimum Gasteiger partial charge on any atom is -0.481 e. The van der Waals surface area contributed by atoms with Crippen molar-refractivity contribution in [2.75, 3.05) is 13.1 Å². The van der Waals surface area contributed by atoms with Gasteiger partial charge in [0.15, 0.2) is 0 Å². The third-order valence-electron chi connectivity index (χ3n) is 2.73. The predicted molar refractivity (Wildman–Crippen MR) is 56.0 cm³/mol. The van der Waals surface area contributed by atoms with Crippen LogP contribution in [0.4, 0.5) is 9.18 Å². The lowest BCUT2D eigenvalue weighted by Crippen LogP contribution is -2.41. The quantitative estimate of drug-likeness (QED) is 0.640. The molecular formula is C10H17FN2O3. The lowest BCUT2D eigenvalue weighted by molar-refractivity contribution is -0.136. The van der Waals surface area contributed by atoms with E-state index in [1.54, 1.807) is 0 Å². The molecule has 0 aromatic rings. The second kappa shape index (κ2) is 5.67. The third-order valence-corrected chi connectivity index (χ3v) is 2.73. The van der Waals surface area contributed by atoms with E-state index in [1.165, 1.54) is 0 Å². The Bertz CT molecular complexity index is 267. The Morgan fingerprint density at radius 3 is 2.38 bits per heavy atom. The van der Waals surface area contributed by atoms with Gasteiger partial charge in [-0.15, -0.1) is 0 Å². The van der Waals surface area contributed by atoms with E-state index in [4.69, 9.17) is 5.11 Å². The smallest absolute Gasteiger partial charge is 0.314 e. The number of carbonyl (C=O) groups excluding carboxylic acids is 1. The van der Waals surface area contributed by atoms with Gasteiger partial charge in [-0.25, -0.2) is 9.18 Å². The Hall–Kier alpha value is -1.33. The summed E-state index contributed by atoms with van der Waals surface area (Å²) in [7, 11) is 0. The van der Waals surface area contributed by atoms with Crippen LogP contribution >= 0.6 is 0 Å². The molecule has 0 unspecified atom stereocenters. The molecule has 0 aromatic heterocycles. The molecule has 6 heteroatoms. The number of rotatable bonds is 6. The number of alkyl halides is 1. The van der Waals surface area contributed by atoms with Gasteiger partial charge in [-0.2, -0.15) is 0 Å². The van der Waals surface area contributed by atoms with Gasteiger partial charge in [0.25, 0.3) is 0 Å². The summed E-state index contributed by atoms with van der Waals surface area (Å²) in [5.41, 5.74) is -1.09. The molecule has 2 amide bonds. The summed E-state index contributed by atoms with van der Waals surface area (Å²) in [4.78, 5) is 21.2. The lowest BCUT2D eigenvalue weighted by atomic mass is 9.80. The van der Waals surface area contributed by atoms with Gasteiger partial charge in [-0.05, 0) is 25.7 Å². The van der Waals surface area contributed by atoms with E-state index in [-0.39, 0.29) is 19.5 Å². The number of urea groups is 1. The first-order chi connectivity index (χ1) is 7.52. The fraction of sp³-hybridized carbons (Fsp3) is 0.800. The highest BCUT2D eigenvalue weighted by molar-refractivity contribution is 5.74. The summed E-state index contributed by atoms with van der Waals surface area (Å²) < 4.78 is 13.5. The van der Waals surface area contributed by atoms with E-state index in [9.17, 15) is 14.0 Å². The Balaban J connectivity index is 1.99. The van der Waals surface area contributed by atoms with Gasteiger partial charge in [0, 0.05) is 13.1 Å². The summed E-state index contributed by atoms with van der Waals surface area (Å²) in [6.07, 6.45) is 2.30. The maximum Gasteiger partial charge on any atom is 0.314 e. The molecule has 0 atom stereocenters. The fourth-order valence-corrected chi connectivity index (χ4v) is 1.56. The van der Waals surface area contributed by atoms with Crippen LogP contribution < -0.4 is 10.6 Å². The molecule has 3 N–H and O–H groups in total. The fourth-order valence-electron chi connectivity index (χ4n) is 1.56. The van der Waals surface area contributed by atoms with Crippen LogP contribution in [0.15, 0.2) is 0 Å². The van der Waals surface area contributed by atoms with Gasteiger partial charge in [0.1, 0.15) is 5.67 Å². The maximum atomic E-state index is 13.5. The standard InChI is InChI=1S/C10H17FN2O3/c11-10(3-1-4-10)5-7-13-9(16)12-6-2-8(14)15/h1-7H2,(H,14,15)(H2,12,13,16). The second-order valence-corrected chi connectivity index (χ2v) is 4.08. The van der Waals surface area contributed by atoms with Crippen LogP contribution in [0.25, 0.3) is 0 Å². The van der Waals surface area contributed by atoms with Crippen molar-refractivity contribution in [3.8, 4) is 0 Å². The summed E-state index contributed by atoms with van der Waals surface area (Å²) >= 11 is 0. The van der Waals surface area contributed by atoms with Crippen molar-refractivity contribution in [2.24, 2.45) is 0 Å². The summed E-state index contributed by atoms with van der Waals surface area (Å²) in [6.45, 7) is 0.372. The molecule has 0 bridgehead atoms. The van der Waals surface area contributed by atoms with E-state index in [1.807, 2.05) is 0 Å². The molecule has 1 aliphatic rings. The normalized spacial score (nSPS) is 17.3. The zero-order valence-electron chi connectivity index (χ0n) is 9.09. The minimum atomic E-state index is -1.09. The van der Waals surface area contributed by atoms with Gasteiger partial charge < -0.3 is 15.7 Å². The number of hydrogen-bond donors (Lipinski definition) is 3. The number of carbonyl (C=O) groups is 2. The molecule has 0 radical (unpaired) electrons. The first kappa shape index (κ1) is 12.7. The molecule has 5 nitrogen and oxygen atoms in total. The van der Waals surface area contributed by atoms with E-state index in [0.29, 0.717) is 19.3 Å². The van der Waals surface area contributed by atoms with E-state index < -0.39 is 17.7 Å². The molecule has 1 saturated carbocycles. The lowest BCUT2D eigenvalue weighted by Gasteiger charge is -2.33. The molecule has 0 spiro atoms. The molecule has 92 valence electrons. The van der Waals surface area contributed by atoms with Gasteiger partial charge in [-0.1, -0.05) is 0 Å². The average molecular weight is 232 g/mol. The topological polar surface area (TPSA) is 78.4 Å². The van der Waals surface area contributed by atoms with Crippen molar-refractivity contribution in [1.29, 1.82) is 0 Å². The Kier molecular flexibility index (Phi) is 4.52. The number of nitrogens with one attached hydrogen (secondary N) is 2. The van der Waals surface area contributed by atoms with E-state index in [0.717, 1.165) is 6.42 Å². The molecule has 0 heterocycles. The summed E-state index contributed by atoms with van der Waals surface area (Å²) in [5.74, 6) is -0.961. The van der Waals surface area contributed by atoms with Crippen LogP contribution in [-0.4, -0.2) is 35.9 Å². The SMILES string of the molecule is O=C(O)CCNC(=O)NCCC1(F)CCC1. The highest BCUT2D eigenvalue weighted by atomic mass is 19.1. The Morgan fingerprint density at radius 2 is 1.88 bits per heavy atom. The largest absolute Gasteiger partial charge is 0.481 e. The first-order valence-corrected chi connectivity index (χ1v) is 5.44. The molecule has 1 rings (SSSR count). The average Bonchev–Trinajstić information content (AvgIpc) is 2.14. The number of hydrogen-bond acceptors (Lipinski definition) is 2. The molecule has 0 aromatic carbocycles. The zero-order chi connectivity index (χ0) is 12.0. The first-order valence-electron chi connectivity index (χ1n) is 5.44. The highest BCUT2D eigenvalue weighted by Crippen LogP contribution is 2.38. The molecule has 1 fully saturated rings. The van der Waals surface area contributed by atoms with Crippen molar-refractivity contribution in [1.82, 2.24) is 10.6 Å². The van der Waals surface area contributed by atoms with Crippen molar-refractivity contribution < 1.29 is 19.1 Å². The van der Waals surface area contributed by atoms with E-state index in [2.05, 4.69) is 10.6 Å². The van der Waals surface area contributed by atoms with Gasteiger partial charge >= 0.3 is 12.0 Å². The van der Waals surface area contributed by atoms with Crippen molar-refractivity contribution in [3.63, 3.8) is 0 Å². The van der Waals surface area contributed by atoms with Crippen LogP contribution in [0.5, 0.6) is 0 Å². The molecule has 0 saturated heterocycles. The van der Waals surface area contributed by atoms with Gasteiger partial charge in [-0.3, -0.25) is 4.79 Å². The predicted octanol–water partition coefficient (Wildman–Crippen LogP) is 1.04. The number of amides is 2. The van der Waals surface area contributed by atoms with Crippen LogP contribution in [0, 0.1) is 0 Å². The summed E-state index contributed by atoms with van der Waals surface area (Å²) in [6, 6.07) is -0.441. The van der Waals surface area contributed by atoms with Crippen LogP contribution in [0.3, 0.4) is 0 Å². The van der Waals surface area contributed by atoms with Crippen molar-refractivity contribution >= 4 is 12.0 Å². The molecule has 1 aliphatic carbocycles. The molecular weight excluding hydrogens is 215 g/mol. The molecule has 16 heavy (non-hydrogen) atoms. The number of carboxylic acids is 1. The molecule has 0 aliphatic heterocycles. The Labute approximate surface area is 93.4 Å². The summed E-state index contributed by atoms with van der Waals surface area (Å²) in [5, 5.41) is 13.2. The number of halogens is 1. The van der Waals surface area contributed by atoms with Gasteiger partial charge in [0.05, 0.1) is 6.42 Å². The maximum absolute atomic E-state index is 13.5. The van der Waals surface area contributed by atoms with Crippen LogP contribution in [0.1, 0.15) is 32.1 Å². The van der Waals surface area contributed by atoms with E-state index >= 15 is 0 Å². The monoisotopic (exact) mass is 232 g/mol. The van der Waals surface area contributed by atoms with Crippen LogP contribution in [-0.2, 0) is 4.79 Å². The van der Waals surface area contributed by atoms with Crippen molar-refractivity contribution in [2.45, 2.75) is 37.8 Å². The number of carboxylic acid groups (broad SMARTS) is 1. The highest BCUT2D eigenvalue weighted by Gasteiger charge is 2.36. The van der Waals surface area contributed by atoms with Gasteiger partial charge in [0.2, 0.25) is 0 Å². The number of aliphatic carboxylic acids is 1. The van der Waals surface area contributed by atoms with Crippen molar-refractivity contribution in [3.05, 3.63) is 0 Å². The Morgan fingerprint density at radius 1 is 1.25 bits per heavy atom. The third kappa shape index (κ3) is 4.46. The minimum absolute atomic E-state index is 0.0853. The van der Waals surface area contributed by atoms with Crippen LogP contribution in [0.2, 0.25) is 0 Å². The zero-order valence-corrected chi connectivity index (χ0v) is 9.09. The second-order valence-electron chi connectivity index (χ2n) is 4.08.